The van der Waals surface area contributed by atoms with Gasteiger partial charge in [0.25, 0.3) is 0 Å². The molecule has 1 saturated heterocycles. The summed E-state index contributed by atoms with van der Waals surface area (Å²) in [6.45, 7) is 0.504. The number of carbonyl (C=O) groups excluding carboxylic acids is 1. The van der Waals surface area contributed by atoms with Crippen molar-refractivity contribution in [2.45, 2.75) is 18.6 Å². The SMILES string of the molecule is O=C(Nc1nnc(-c2ccccc2)s1)C1CCCN(S(=O)(=O)Cc2ccc(Cl)c(Cl)c2)C1. The fourth-order valence-electron chi connectivity index (χ4n) is 3.52. The largest absolute Gasteiger partial charge is 0.300 e. The van der Waals surface area contributed by atoms with E-state index in [4.69, 9.17) is 23.2 Å². The first kappa shape index (κ1) is 23.1. The van der Waals surface area contributed by atoms with Gasteiger partial charge in [0, 0.05) is 18.7 Å². The number of aromatic nitrogens is 2. The van der Waals surface area contributed by atoms with E-state index in [9.17, 15) is 13.2 Å². The van der Waals surface area contributed by atoms with Crippen LogP contribution in [0.4, 0.5) is 5.13 Å². The van der Waals surface area contributed by atoms with Crippen molar-refractivity contribution in [2.75, 3.05) is 18.4 Å². The number of sulfonamides is 1. The van der Waals surface area contributed by atoms with Crippen molar-refractivity contribution in [1.29, 1.82) is 0 Å². The van der Waals surface area contributed by atoms with Crippen LogP contribution < -0.4 is 5.32 Å². The second-order valence-corrected chi connectivity index (χ2v) is 11.2. The smallest absolute Gasteiger partial charge is 0.230 e. The molecule has 0 saturated carbocycles. The van der Waals surface area contributed by atoms with Gasteiger partial charge in [-0.1, -0.05) is 70.9 Å². The Morgan fingerprint density at radius 1 is 1.12 bits per heavy atom. The molecule has 7 nitrogen and oxygen atoms in total. The minimum absolute atomic E-state index is 0.125. The van der Waals surface area contributed by atoms with Crippen LogP contribution in [0.5, 0.6) is 0 Å². The molecule has 3 aromatic rings. The molecule has 0 bridgehead atoms. The first-order valence-electron chi connectivity index (χ1n) is 9.93. The lowest BCUT2D eigenvalue weighted by Gasteiger charge is -2.31. The van der Waals surface area contributed by atoms with Gasteiger partial charge in [-0.15, -0.1) is 10.2 Å². The molecular formula is C21H20Cl2N4O3S2. The van der Waals surface area contributed by atoms with Crippen molar-refractivity contribution < 1.29 is 13.2 Å². The van der Waals surface area contributed by atoms with E-state index in [-0.39, 0.29) is 18.2 Å². The first-order valence-corrected chi connectivity index (χ1v) is 13.1. The molecule has 2 heterocycles. The highest BCUT2D eigenvalue weighted by Crippen LogP contribution is 2.28. The Bertz CT molecular complexity index is 1220. The number of amides is 1. The molecule has 1 N–H and O–H groups in total. The van der Waals surface area contributed by atoms with Gasteiger partial charge in [-0.05, 0) is 30.5 Å². The number of benzene rings is 2. The maximum absolute atomic E-state index is 12.9. The summed E-state index contributed by atoms with van der Waals surface area (Å²) in [6.07, 6.45) is 1.21. The quantitative estimate of drug-likeness (QED) is 0.518. The molecule has 1 unspecified atom stereocenters. The summed E-state index contributed by atoms with van der Waals surface area (Å²) in [5.41, 5.74) is 1.47. The zero-order chi connectivity index (χ0) is 22.7. The van der Waals surface area contributed by atoms with Crippen molar-refractivity contribution in [3.63, 3.8) is 0 Å². The van der Waals surface area contributed by atoms with Crippen LogP contribution >= 0.6 is 34.5 Å². The summed E-state index contributed by atoms with van der Waals surface area (Å²) in [4.78, 5) is 12.8. The van der Waals surface area contributed by atoms with Crippen LogP contribution in [0.2, 0.25) is 10.0 Å². The van der Waals surface area contributed by atoms with E-state index < -0.39 is 15.9 Å². The average Bonchev–Trinajstić information content (AvgIpc) is 3.25. The standard InChI is InChI=1S/C21H20Cl2N4O3S2/c22-17-9-8-14(11-18(17)23)13-32(29,30)27-10-4-7-16(12-27)19(28)24-21-26-25-20(31-21)15-5-2-1-3-6-15/h1-3,5-6,8-9,11,16H,4,7,10,12-13H2,(H,24,26,28). The highest BCUT2D eigenvalue weighted by molar-refractivity contribution is 7.88. The molecule has 4 rings (SSSR count). The molecule has 1 fully saturated rings. The molecule has 1 aliphatic rings. The fraction of sp³-hybridized carbons (Fsp3) is 0.286. The zero-order valence-electron chi connectivity index (χ0n) is 16.9. The van der Waals surface area contributed by atoms with Crippen LogP contribution in [0.25, 0.3) is 10.6 Å². The number of piperidine rings is 1. The van der Waals surface area contributed by atoms with Gasteiger partial charge >= 0.3 is 0 Å². The monoisotopic (exact) mass is 510 g/mol. The van der Waals surface area contributed by atoms with Crippen molar-refractivity contribution in [3.8, 4) is 10.6 Å². The lowest BCUT2D eigenvalue weighted by Crippen LogP contribution is -2.44. The number of halogens is 2. The average molecular weight is 511 g/mol. The van der Waals surface area contributed by atoms with Gasteiger partial charge in [-0.2, -0.15) is 0 Å². The molecule has 1 atom stereocenters. The molecule has 1 aromatic heterocycles. The van der Waals surface area contributed by atoms with Crippen LogP contribution in [0.15, 0.2) is 48.5 Å². The molecule has 2 aromatic carbocycles. The Kier molecular flexibility index (Phi) is 7.11. The normalized spacial score (nSPS) is 17.2. The topological polar surface area (TPSA) is 92.3 Å². The van der Waals surface area contributed by atoms with Crippen molar-refractivity contribution in [3.05, 3.63) is 64.1 Å². The molecule has 11 heteroatoms. The molecule has 0 aliphatic carbocycles. The first-order chi connectivity index (χ1) is 15.3. The predicted octanol–water partition coefficient (Wildman–Crippen LogP) is 4.69. The number of hydrogen-bond donors (Lipinski definition) is 1. The summed E-state index contributed by atoms with van der Waals surface area (Å²) in [7, 11) is -3.61. The van der Waals surface area contributed by atoms with Gasteiger partial charge in [0.05, 0.1) is 21.7 Å². The van der Waals surface area contributed by atoms with E-state index in [0.717, 1.165) is 5.56 Å². The maximum Gasteiger partial charge on any atom is 0.230 e. The fourth-order valence-corrected chi connectivity index (χ4v) is 6.19. The molecule has 0 spiro atoms. The van der Waals surface area contributed by atoms with Gasteiger partial charge in [0.2, 0.25) is 21.1 Å². The van der Waals surface area contributed by atoms with Gasteiger partial charge in [0.1, 0.15) is 5.01 Å². The third-order valence-corrected chi connectivity index (χ3v) is 8.60. The summed E-state index contributed by atoms with van der Waals surface area (Å²) < 4.78 is 27.2. The van der Waals surface area contributed by atoms with Crippen molar-refractivity contribution in [1.82, 2.24) is 14.5 Å². The Balaban J connectivity index is 1.40. The predicted molar refractivity (Wildman–Crippen MR) is 127 cm³/mol. The molecule has 32 heavy (non-hydrogen) atoms. The number of hydrogen-bond acceptors (Lipinski definition) is 6. The minimum Gasteiger partial charge on any atom is -0.300 e. The molecule has 0 radical (unpaired) electrons. The third-order valence-electron chi connectivity index (χ3n) is 5.16. The van der Waals surface area contributed by atoms with Crippen molar-refractivity contribution in [2.24, 2.45) is 5.92 Å². The zero-order valence-corrected chi connectivity index (χ0v) is 20.0. The van der Waals surface area contributed by atoms with E-state index in [0.29, 0.717) is 45.1 Å². The number of nitrogens with zero attached hydrogens (tertiary/aromatic N) is 3. The summed E-state index contributed by atoms with van der Waals surface area (Å²) in [6, 6.07) is 14.3. The van der Waals surface area contributed by atoms with Gasteiger partial charge < -0.3 is 5.32 Å². The van der Waals surface area contributed by atoms with Crippen molar-refractivity contribution >= 4 is 55.6 Å². The highest BCUT2D eigenvalue weighted by Gasteiger charge is 2.33. The Morgan fingerprint density at radius 2 is 1.91 bits per heavy atom. The second-order valence-electron chi connectivity index (χ2n) is 7.47. The van der Waals surface area contributed by atoms with Crippen LogP contribution in [0.1, 0.15) is 18.4 Å². The third kappa shape index (κ3) is 5.47. The lowest BCUT2D eigenvalue weighted by atomic mass is 9.99. The summed E-state index contributed by atoms with van der Waals surface area (Å²) in [5.74, 6) is -0.915. The summed E-state index contributed by atoms with van der Waals surface area (Å²) >= 11 is 13.2. The van der Waals surface area contributed by atoms with Crippen LogP contribution in [-0.4, -0.2) is 41.9 Å². The highest BCUT2D eigenvalue weighted by atomic mass is 35.5. The van der Waals surface area contributed by atoms with E-state index in [1.54, 1.807) is 18.2 Å². The van der Waals surface area contributed by atoms with E-state index in [1.165, 1.54) is 15.6 Å². The number of rotatable bonds is 6. The van der Waals surface area contributed by atoms with Crippen LogP contribution in [0, 0.1) is 5.92 Å². The molecule has 1 amide bonds. The van der Waals surface area contributed by atoms with E-state index in [2.05, 4.69) is 15.5 Å². The number of nitrogens with one attached hydrogen (secondary N) is 1. The van der Waals surface area contributed by atoms with Gasteiger partial charge in [-0.3, -0.25) is 4.79 Å². The molecular weight excluding hydrogens is 491 g/mol. The summed E-state index contributed by atoms with van der Waals surface area (Å²) in [5, 5.41) is 12.7. The van der Waals surface area contributed by atoms with Gasteiger partial charge in [-0.25, -0.2) is 12.7 Å². The Morgan fingerprint density at radius 3 is 2.66 bits per heavy atom. The second kappa shape index (κ2) is 9.84. The number of anilines is 1. The molecule has 1 aliphatic heterocycles. The van der Waals surface area contributed by atoms with E-state index in [1.807, 2.05) is 30.3 Å². The number of carbonyl (C=O) groups is 1. The lowest BCUT2D eigenvalue weighted by molar-refractivity contribution is -0.120. The maximum atomic E-state index is 12.9. The molecule has 168 valence electrons. The van der Waals surface area contributed by atoms with Crippen LogP contribution in [0.3, 0.4) is 0 Å². The van der Waals surface area contributed by atoms with Crippen LogP contribution in [-0.2, 0) is 20.6 Å². The minimum atomic E-state index is -3.61. The Hall–Kier alpha value is -2.04. The van der Waals surface area contributed by atoms with Gasteiger partial charge in [0.15, 0.2) is 0 Å². The van der Waals surface area contributed by atoms with E-state index >= 15 is 0 Å². The Labute approximate surface area is 200 Å².